The smallest absolute Gasteiger partial charge is 0.475 e. The van der Waals surface area contributed by atoms with Crippen LogP contribution in [0.3, 0.4) is 0 Å². The number of hydrogen-bond donors (Lipinski definition) is 0. The van der Waals surface area contributed by atoms with Crippen molar-refractivity contribution in [2.45, 2.75) is 184 Å². The van der Waals surface area contributed by atoms with Gasteiger partial charge >= 0.3 is 31.3 Å². The first-order chi connectivity index (χ1) is 68.0. The van der Waals surface area contributed by atoms with E-state index in [0.29, 0.717) is 37.4 Å². The molecule has 6 aromatic rings. The van der Waals surface area contributed by atoms with Crippen molar-refractivity contribution in [2.75, 3.05) is 156 Å². The zero-order valence-electron chi connectivity index (χ0n) is 79.8. The van der Waals surface area contributed by atoms with Crippen LogP contribution < -0.4 is 18.9 Å². The van der Waals surface area contributed by atoms with E-state index in [-0.39, 0.29) is 123 Å². The number of phosphoric ester groups is 4. The molecule has 13 rings (SSSR count). The van der Waals surface area contributed by atoms with Gasteiger partial charge in [-0.15, -0.1) is 0 Å². The van der Waals surface area contributed by atoms with Gasteiger partial charge in [-0.3, -0.25) is 54.3 Å². The summed E-state index contributed by atoms with van der Waals surface area (Å²) in [4.78, 5) is 12.9. The minimum absolute atomic E-state index is 0.000912. The molecule has 0 saturated carbocycles. The summed E-state index contributed by atoms with van der Waals surface area (Å²) in [6.45, 7) is 25.7. The first-order valence-electron chi connectivity index (χ1n) is 45.5. The standard InChI is InChI=1S/C43H51B3N2O15P2.C27H29BO5.C23H35B3N2O13P2/c1-47-19-21-55-64(49,57-27-38-34(53-5)23-40(44)60-38)63-36-25-42(46)61-39(36)28-58-65(50,56-22-20-48-2)62-35-24-41(45)59-37(35)26-54-43(29-9-7-6-8-10-29,30-11-15-32(51-3)16-12-30)31-13-17-33(52-4)18-14-31;1-29-22-13-9-20(10-14-22)27(19-7-5-4-6-8-19,21-11-15-23(30-2)16-12-21)32-18-25-24(31-3)17-26(28)33-25;1-27-5-7-33-42(29,35-13-19-15(32-4)9-21(24)38-19)41-17-11-23(26)39-20(17)14-36-43(30,34-8-6-28-2)40-16-10-22(25)37-18(16)12-31-3/h6-18,34-42H,19-28H2,3-5H3;4-16,24-26H,17-18H2,1-3H3;15-23H,5-14H2,3-4H3/t34?,35?,36?,37-,38-,39-,40-,41-,42-,64?,65?;24?,25-,26-;15?,16?,17?,18-,19-,20-,21-,22-,23-,42?,43?/m111/s1. The number of hydrogen-bond acceptors (Lipinski definition) is 33. The number of methoxy groups -OCH3 is 8. The van der Waals surface area contributed by atoms with Gasteiger partial charge in [0.25, 0.3) is 0 Å². The Kier molecular flexibility index (Phi) is 45.4. The predicted molar refractivity (Wildman–Crippen MR) is 517 cm³/mol. The average Bonchev–Trinajstić information content (AvgIpc) is 1.75. The molecule has 14 radical (unpaired) electrons. The molecule has 48 heteroatoms. The number of nitrogens with zero attached hydrogens (tertiary/aromatic N) is 4. The van der Waals surface area contributed by atoms with Gasteiger partial charge in [-0.25, -0.2) is 44.5 Å². The second kappa shape index (κ2) is 56.1. The van der Waals surface area contributed by atoms with Crippen molar-refractivity contribution in [3.8, 4) is 23.0 Å². The number of ether oxygens (including phenoxy) is 17. The summed E-state index contributed by atoms with van der Waals surface area (Å²) in [5.74, 6) is 2.85. The Morgan fingerprint density at radius 3 is 0.688 bits per heavy atom. The molecular formula is C93H115B7N4O33P4. The Labute approximate surface area is 833 Å². The first kappa shape index (κ1) is 114. The van der Waals surface area contributed by atoms with Gasteiger partial charge in [-0.2, -0.15) is 0 Å². The molecule has 7 fully saturated rings. The minimum Gasteiger partial charge on any atom is -0.497 e. The predicted octanol–water partition coefficient (Wildman–Crippen LogP) is 11.5. The van der Waals surface area contributed by atoms with E-state index in [9.17, 15) is 18.3 Å². The Morgan fingerprint density at radius 2 is 0.475 bits per heavy atom. The quantitative estimate of drug-likeness (QED) is 0.0112. The van der Waals surface area contributed by atoms with Crippen molar-refractivity contribution in [3.05, 3.63) is 237 Å². The van der Waals surface area contributed by atoms with Crippen LogP contribution in [0.15, 0.2) is 158 Å². The zero-order chi connectivity index (χ0) is 101. The van der Waals surface area contributed by atoms with E-state index in [2.05, 4.69) is 31.5 Å². The Bertz CT molecular complexity index is 5060. The van der Waals surface area contributed by atoms with E-state index in [1.54, 1.807) is 35.5 Å². The van der Waals surface area contributed by atoms with E-state index < -0.39 is 165 Å². The summed E-state index contributed by atoms with van der Waals surface area (Å²) >= 11 is 0. The molecule has 7 heterocycles. The number of rotatable bonds is 53. The maximum absolute atomic E-state index is 14.6. The second-order valence-electron chi connectivity index (χ2n) is 33.0. The largest absolute Gasteiger partial charge is 0.497 e. The van der Waals surface area contributed by atoms with Crippen LogP contribution >= 0.6 is 31.3 Å². The third-order valence-electron chi connectivity index (χ3n) is 23.6. The molecule has 7 aliphatic rings. The summed E-state index contributed by atoms with van der Waals surface area (Å²) in [6, 6.07) is 45.8. The van der Waals surface area contributed by atoms with Crippen molar-refractivity contribution in [1.29, 1.82) is 0 Å². The zero-order valence-corrected chi connectivity index (χ0v) is 83.4. The molecule has 25 atom stereocenters. The van der Waals surface area contributed by atoms with Gasteiger partial charge in [0, 0.05) is 70.5 Å². The molecule has 0 aromatic heterocycles. The highest BCUT2D eigenvalue weighted by molar-refractivity contribution is 7.49. The minimum atomic E-state index is -4.58. The van der Waals surface area contributed by atoms with Crippen LogP contribution in [-0.4, -0.2) is 338 Å². The van der Waals surface area contributed by atoms with Crippen LogP contribution in [0, 0.1) is 26.3 Å². The van der Waals surface area contributed by atoms with Crippen molar-refractivity contribution in [1.82, 2.24) is 0 Å². The SMILES string of the molecule is [B][C@H]1CC(OC)[C@@H](COC(c2ccccc2)(c2ccc(OC)cc2)c2ccc(OC)cc2)O1.[B][C@H]1CC(OC)[C@@H](COP(=O)(OCC[N+]#[C-])OC2C[C@H]([B])O[C@@H]2COP(=O)(OCC[N+]#[C-])OC2C[C@H]([B])O[C@@H]2COC(c2ccccc2)(c2ccc(OC)cc2)c2ccc(OC)cc2)O1.[B][C@H]1CC(OC)[C@@H](COP(=O)(OCC[N+]#[C-])OC2C[C@H]([B])O[C@@H]2COP(=O)(OCC[N+]#[C-])OC2C[C@H]([B])O[C@@H]2COC)O1. The highest BCUT2D eigenvalue weighted by Crippen LogP contribution is 2.59. The summed E-state index contributed by atoms with van der Waals surface area (Å²) in [5, 5.41) is 0. The van der Waals surface area contributed by atoms with Crippen LogP contribution in [-0.2, 0) is 145 Å². The van der Waals surface area contributed by atoms with Gasteiger partial charge in [0.2, 0.25) is 26.2 Å². The fraction of sp³-hybridized carbons (Fsp3) is 0.570. The average molecular weight is 2020 g/mol. The monoisotopic (exact) mass is 2020 g/mol. The molecule has 37 nitrogen and oxygen atoms in total. The molecule has 0 bridgehead atoms. The van der Waals surface area contributed by atoms with Crippen LogP contribution in [0.25, 0.3) is 19.4 Å². The molecule has 7 aliphatic heterocycles. The lowest BCUT2D eigenvalue weighted by Gasteiger charge is -2.37. The van der Waals surface area contributed by atoms with Gasteiger partial charge in [-0.05, 0) is 127 Å². The van der Waals surface area contributed by atoms with Gasteiger partial charge in [0.05, 0.1) is 117 Å². The van der Waals surface area contributed by atoms with E-state index in [4.69, 9.17) is 216 Å². The van der Waals surface area contributed by atoms with Crippen LogP contribution in [0.2, 0.25) is 0 Å². The molecule has 11 unspecified atom stereocenters. The van der Waals surface area contributed by atoms with Gasteiger partial charge in [0.15, 0.2) is 0 Å². The molecule has 141 heavy (non-hydrogen) atoms. The third kappa shape index (κ3) is 32.2. The van der Waals surface area contributed by atoms with E-state index >= 15 is 0 Å². The topological polar surface area (TPSA) is 353 Å². The second-order valence-corrected chi connectivity index (χ2v) is 39.4. The summed E-state index contributed by atoms with van der Waals surface area (Å²) in [6.07, 6.45) is -8.42. The maximum atomic E-state index is 14.6. The first-order valence-corrected chi connectivity index (χ1v) is 51.4. The lowest BCUT2D eigenvalue weighted by Crippen LogP contribution is -2.38. The molecule has 0 amide bonds. The summed E-state index contributed by atoms with van der Waals surface area (Å²) in [5.41, 5.74) is 3.13. The van der Waals surface area contributed by atoms with E-state index in [1.165, 1.54) is 21.3 Å². The summed E-state index contributed by atoms with van der Waals surface area (Å²) in [7, 11) is 37.2. The lowest BCUT2D eigenvalue weighted by atomic mass is 9.80. The maximum Gasteiger partial charge on any atom is 0.475 e. The molecule has 6 aromatic carbocycles. The highest BCUT2D eigenvalue weighted by Gasteiger charge is 2.51. The van der Waals surface area contributed by atoms with Gasteiger partial charge < -0.3 is 99.9 Å². The molecule has 7 saturated heterocycles. The Hall–Kier alpha value is -7.15. The van der Waals surface area contributed by atoms with Crippen molar-refractivity contribution >= 4 is 86.2 Å². The molecular weight excluding hydrogens is 1900 g/mol. The van der Waals surface area contributed by atoms with Crippen LogP contribution in [0.4, 0.5) is 0 Å². The highest BCUT2D eigenvalue weighted by atomic mass is 31.2. The van der Waals surface area contributed by atoms with E-state index in [1.807, 2.05) is 146 Å². The van der Waals surface area contributed by atoms with Crippen LogP contribution in [0.1, 0.15) is 78.3 Å². The normalized spacial score (nSPS) is 28.1. The fourth-order valence-electron chi connectivity index (χ4n) is 16.7. The molecule has 0 N–H and O–H groups in total. The molecule has 0 aliphatic carbocycles. The van der Waals surface area contributed by atoms with Crippen molar-refractivity contribution in [3.63, 3.8) is 0 Å². The van der Waals surface area contributed by atoms with Gasteiger partial charge in [-0.1, -0.05) is 109 Å². The molecule has 0 spiro atoms. The number of phosphoric acid groups is 4. The Balaban J connectivity index is 0.000000216. The Morgan fingerprint density at radius 1 is 0.277 bits per heavy atom. The molecule has 746 valence electrons. The number of benzene rings is 6. The third-order valence-corrected chi connectivity index (χ3v) is 29.5. The lowest BCUT2D eigenvalue weighted by molar-refractivity contribution is -0.0805. The van der Waals surface area contributed by atoms with E-state index in [0.717, 1.165) is 44.9 Å². The van der Waals surface area contributed by atoms with Crippen LogP contribution in [0.5, 0.6) is 23.0 Å². The fourth-order valence-corrected chi connectivity index (χ4v) is 22.2. The van der Waals surface area contributed by atoms with Gasteiger partial charge in [0.1, 0.15) is 158 Å². The van der Waals surface area contributed by atoms with Crippen molar-refractivity contribution < 1.29 is 153 Å². The van der Waals surface area contributed by atoms with Crippen molar-refractivity contribution in [2.24, 2.45) is 0 Å². The summed E-state index contributed by atoms with van der Waals surface area (Å²) < 4.78 is 222.